The van der Waals surface area contributed by atoms with E-state index in [0.29, 0.717) is 39.3 Å². The van der Waals surface area contributed by atoms with Crippen molar-refractivity contribution in [2.45, 2.75) is 11.8 Å². The summed E-state index contributed by atoms with van der Waals surface area (Å²) in [5.74, 6) is -0.289. The Morgan fingerprint density at radius 2 is 1.77 bits per heavy atom. The maximum Gasteiger partial charge on any atom is 0.331 e. The highest BCUT2D eigenvalue weighted by molar-refractivity contribution is 7.90. The molecule has 1 aliphatic heterocycles. The second-order valence-corrected chi connectivity index (χ2v) is 8.58. The van der Waals surface area contributed by atoms with E-state index in [-0.39, 0.29) is 16.5 Å². The van der Waals surface area contributed by atoms with Crippen molar-refractivity contribution >= 4 is 22.0 Å². The predicted octanol–water partition coefficient (Wildman–Crippen LogP) is 0.231. The summed E-state index contributed by atoms with van der Waals surface area (Å²) in [4.78, 5) is 35.7. The Morgan fingerprint density at radius 3 is 2.40 bits per heavy atom. The minimum absolute atomic E-state index is 0.0546. The average molecular weight is 433 g/mol. The van der Waals surface area contributed by atoms with Gasteiger partial charge in [-0.3, -0.25) is 14.7 Å². The maximum atomic E-state index is 12.4. The Morgan fingerprint density at radius 1 is 1.07 bits per heavy atom. The van der Waals surface area contributed by atoms with Crippen LogP contribution in [0.5, 0.6) is 0 Å². The van der Waals surface area contributed by atoms with Crippen LogP contribution >= 0.6 is 0 Å². The third-order valence-electron chi connectivity index (χ3n) is 4.72. The van der Waals surface area contributed by atoms with E-state index in [0.717, 1.165) is 5.56 Å². The fourth-order valence-electron chi connectivity index (χ4n) is 2.96. The molecule has 3 amide bonds. The number of urea groups is 1. The first-order valence-electron chi connectivity index (χ1n) is 9.50. The normalized spacial score (nSPS) is 14.9. The van der Waals surface area contributed by atoms with E-state index in [1.165, 1.54) is 35.6 Å². The van der Waals surface area contributed by atoms with Gasteiger partial charge in [0.05, 0.1) is 11.1 Å². The van der Waals surface area contributed by atoms with Crippen LogP contribution in [0, 0.1) is 6.92 Å². The maximum absolute atomic E-state index is 12.4. The summed E-state index contributed by atoms with van der Waals surface area (Å²) in [6, 6.07) is 5.67. The molecular formula is C19H24N6O4S. The minimum atomic E-state index is -3.90. The molecule has 1 aromatic heterocycles. The SMILES string of the molecule is Cc1ccc(S(=O)(=O)NC(=O)N2CCN(CCNC(=O)c3cnccn3)CC2)cc1. The summed E-state index contributed by atoms with van der Waals surface area (Å²) in [7, 11) is -3.90. The van der Waals surface area contributed by atoms with Crippen molar-refractivity contribution in [1.82, 2.24) is 29.8 Å². The lowest BCUT2D eigenvalue weighted by Crippen LogP contribution is -2.53. The Hall–Kier alpha value is -3.05. The van der Waals surface area contributed by atoms with Crippen molar-refractivity contribution in [3.8, 4) is 0 Å². The largest absolute Gasteiger partial charge is 0.349 e. The van der Waals surface area contributed by atoms with E-state index >= 15 is 0 Å². The van der Waals surface area contributed by atoms with E-state index in [9.17, 15) is 18.0 Å². The molecule has 0 spiro atoms. The van der Waals surface area contributed by atoms with E-state index in [1.54, 1.807) is 12.1 Å². The third-order valence-corrected chi connectivity index (χ3v) is 6.06. The first-order chi connectivity index (χ1) is 14.3. The molecule has 11 heteroatoms. The minimum Gasteiger partial charge on any atom is -0.349 e. The van der Waals surface area contributed by atoms with Crippen LogP contribution in [0.15, 0.2) is 47.8 Å². The van der Waals surface area contributed by atoms with Crippen LogP contribution in [0.1, 0.15) is 16.1 Å². The third kappa shape index (κ3) is 5.74. The number of hydrogen-bond acceptors (Lipinski definition) is 7. The number of aromatic nitrogens is 2. The smallest absolute Gasteiger partial charge is 0.331 e. The van der Waals surface area contributed by atoms with Crippen LogP contribution < -0.4 is 10.0 Å². The van der Waals surface area contributed by atoms with Gasteiger partial charge in [-0.1, -0.05) is 17.7 Å². The molecule has 2 N–H and O–H groups in total. The molecule has 0 saturated carbocycles. The molecule has 1 fully saturated rings. The lowest BCUT2D eigenvalue weighted by molar-refractivity contribution is 0.0937. The molecule has 0 radical (unpaired) electrons. The summed E-state index contributed by atoms with van der Waals surface area (Å²) in [6.45, 7) is 4.86. The van der Waals surface area contributed by atoms with Gasteiger partial charge in [0, 0.05) is 51.7 Å². The van der Waals surface area contributed by atoms with Gasteiger partial charge in [0.15, 0.2) is 0 Å². The van der Waals surface area contributed by atoms with Crippen molar-refractivity contribution in [2.75, 3.05) is 39.3 Å². The zero-order chi connectivity index (χ0) is 21.6. The fourth-order valence-corrected chi connectivity index (χ4v) is 3.94. The monoisotopic (exact) mass is 432 g/mol. The number of rotatable bonds is 6. The first kappa shape index (κ1) is 21.7. The summed E-state index contributed by atoms with van der Waals surface area (Å²) < 4.78 is 26.9. The van der Waals surface area contributed by atoms with Crippen molar-refractivity contribution in [1.29, 1.82) is 0 Å². The molecule has 0 aliphatic carbocycles. The second kappa shape index (κ2) is 9.63. The van der Waals surface area contributed by atoms with Crippen LogP contribution in [0.25, 0.3) is 0 Å². The van der Waals surface area contributed by atoms with Gasteiger partial charge in [0.2, 0.25) is 0 Å². The van der Waals surface area contributed by atoms with E-state index in [4.69, 9.17) is 0 Å². The number of piperazine rings is 1. The molecule has 10 nitrogen and oxygen atoms in total. The van der Waals surface area contributed by atoms with E-state index in [1.807, 2.05) is 6.92 Å². The van der Waals surface area contributed by atoms with Gasteiger partial charge in [-0.25, -0.2) is 22.9 Å². The molecule has 0 unspecified atom stereocenters. The summed E-state index contributed by atoms with van der Waals surface area (Å²) >= 11 is 0. The number of sulfonamides is 1. The molecule has 3 rings (SSSR count). The summed E-state index contributed by atoms with van der Waals surface area (Å²) in [6.07, 6.45) is 4.36. The molecular weight excluding hydrogens is 408 g/mol. The molecule has 30 heavy (non-hydrogen) atoms. The van der Waals surface area contributed by atoms with E-state index in [2.05, 4.69) is 24.9 Å². The van der Waals surface area contributed by atoms with Gasteiger partial charge in [0.1, 0.15) is 5.69 Å². The van der Waals surface area contributed by atoms with Gasteiger partial charge in [-0.15, -0.1) is 0 Å². The Labute approximate surface area is 175 Å². The zero-order valence-corrected chi connectivity index (χ0v) is 17.4. The molecule has 1 saturated heterocycles. The Balaban J connectivity index is 1.42. The van der Waals surface area contributed by atoms with Gasteiger partial charge in [-0.2, -0.15) is 0 Å². The number of nitrogens with one attached hydrogen (secondary N) is 2. The highest BCUT2D eigenvalue weighted by Crippen LogP contribution is 2.11. The Kier molecular flexibility index (Phi) is 6.95. The lowest BCUT2D eigenvalue weighted by Gasteiger charge is -2.34. The van der Waals surface area contributed by atoms with Crippen LogP contribution in [-0.2, 0) is 10.0 Å². The number of carbonyl (C=O) groups is 2. The highest BCUT2D eigenvalue weighted by Gasteiger charge is 2.25. The molecule has 1 aromatic carbocycles. The summed E-state index contributed by atoms with van der Waals surface area (Å²) in [5.41, 5.74) is 1.19. The number of benzene rings is 1. The van der Waals surface area contributed by atoms with Crippen LogP contribution in [-0.4, -0.2) is 79.4 Å². The molecule has 2 aromatic rings. The quantitative estimate of drug-likeness (QED) is 0.669. The van der Waals surface area contributed by atoms with Crippen molar-refractivity contribution < 1.29 is 18.0 Å². The number of hydrogen-bond donors (Lipinski definition) is 2. The number of amides is 3. The topological polar surface area (TPSA) is 125 Å². The van der Waals surface area contributed by atoms with Gasteiger partial charge in [-0.05, 0) is 19.1 Å². The molecule has 0 bridgehead atoms. The standard InChI is InChI=1S/C19H24N6O4S/c1-15-2-4-16(5-3-15)30(28,29)23-19(27)25-12-10-24(11-13-25)9-8-22-18(26)17-14-20-6-7-21-17/h2-7,14H,8-13H2,1H3,(H,22,26)(H,23,27). The molecule has 160 valence electrons. The second-order valence-electron chi connectivity index (χ2n) is 6.90. The molecule has 0 atom stereocenters. The van der Waals surface area contributed by atoms with Gasteiger partial charge in [0.25, 0.3) is 15.9 Å². The van der Waals surface area contributed by atoms with Crippen molar-refractivity contribution in [3.05, 3.63) is 54.1 Å². The first-order valence-corrected chi connectivity index (χ1v) is 11.0. The van der Waals surface area contributed by atoms with Crippen LogP contribution in [0.3, 0.4) is 0 Å². The number of nitrogens with zero attached hydrogens (tertiary/aromatic N) is 4. The van der Waals surface area contributed by atoms with Crippen molar-refractivity contribution in [2.24, 2.45) is 0 Å². The van der Waals surface area contributed by atoms with Crippen LogP contribution in [0.2, 0.25) is 0 Å². The van der Waals surface area contributed by atoms with Gasteiger partial charge >= 0.3 is 6.03 Å². The highest BCUT2D eigenvalue weighted by atomic mass is 32.2. The number of aryl methyl sites for hydroxylation is 1. The van der Waals surface area contributed by atoms with Gasteiger partial charge < -0.3 is 10.2 Å². The fraction of sp³-hybridized carbons (Fsp3) is 0.368. The van der Waals surface area contributed by atoms with Crippen LogP contribution in [0.4, 0.5) is 4.79 Å². The Bertz CT molecular complexity index is 974. The zero-order valence-electron chi connectivity index (χ0n) is 16.6. The summed E-state index contributed by atoms with van der Waals surface area (Å²) in [5, 5.41) is 2.78. The number of carbonyl (C=O) groups excluding carboxylic acids is 2. The predicted molar refractivity (Wildman–Crippen MR) is 109 cm³/mol. The van der Waals surface area contributed by atoms with Crippen molar-refractivity contribution in [3.63, 3.8) is 0 Å². The average Bonchev–Trinajstić information content (AvgIpc) is 2.74. The molecule has 2 heterocycles. The molecule has 1 aliphatic rings. The van der Waals surface area contributed by atoms with E-state index < -0.39 is 16.1 Å². The lowest BCUT2D eigenvalue weighted by atomic mass is 10.2.